The summed E-state index contributed by atoms with van der Waals surface area (Å²) >= 11 is 0. The van der Waals surface area contributed by atoms with Crippen molar-refractivity contribution in [3.05, 3.63) is 0 Å². The molecule has 102 valence electrons. The van der Waals surface area contributed by atoms with Crippen LogP contribution in [0.2, 0.25) is 0 Å². The van der Waals surface area contributed by atoms with Crippen molar-refractivity contribution >= 4 is 0 Å². The van der Waals surface area contributed by atoms with E-state index in [1.807, 2.05) is 0 Å². The SMILES string of the molecule is C1CCC2CN3CCC4CCCCC4[C@@H]3CC2C1. The molecule has 0 aromatic heterocycles. The minimum atomic E-state index is 1.00. The average Bonchev–Trinajstić information content (AvgIpc) is 2.45. The lowest BCUT2D eigenvalue weighted by molar-refractivity contribution is -0.0467. The first-order chi connectivity index (χ1) is 8.92. The summed E-state index contributed by atoms with van der Waals surface area (Å²) in [6, 6.07) is 1.00. The van der Waals surface area contributed by atoms with Crippen molar-refractivity contribution in [3.63, 3.8) is 0 Å². The molecule has 4 rings (SSSR count). The molecule has 5 atom stereocenters. The highest BCUT2D eigenvalue weighted by Gasteiger charge is 2.44. The van der Waals surface area contributed by atoms with Gasteiger partial charge in [0.25, 0.3) is 0 Å². The summed E-state index contributed by atoms with van der Waals surface area (Å²) in [5.41, 5.74) is 0. The minimum absolute atomic E-state index is 1.00. The molecule has 0 aromatic carbocycles. The molecule has 0 bridgehead atoms. The van der Waals surface area contributed by atoms with Gasteiger partial charge in [-0.3, -0.25) is 4.90 Å². The molecule has 2 aliphatic heterocycles. The van der Waals surface area contributed by atoms with Crippen LogP contribution in [0.1, 0.15) is 64.2 Å². The number of rotatable bonds is 0. The summed E-state index contributed by atoms with van der Waals surface area (Å²) < 4.78 is 0. The second-order valence-corrected chi connectivity index (χ2v) is 7.60. The lowest BCUT2D eigenvalue weighted by atomic mass is 9.64. The first-order valence-electron chi connectivity index (χ1n) is 8.66. The van der Waals surface area contributed by atoms with E-state index >= 15 is 0 Å². The van der Waals surface area contributed by atoms with Crippen LogP contribution in [0, 0.1) is 23.7 Å². The van der Waals surface area contributed by atoms with E-state index in [9.17, 15) is 0 Å². The average molecular weight is 247 g/mol. The molecule has 2 saturated heterocycles. The maximum atomic E-state index is 2.93. The van der Waals surface area contributed by atoms with Gasteiger partial charge in [0.2, 0.25) is 0 Å². The van der Waals surface area contributed by atoms with Gasteiger partial charge in [0.15, 0.2) is 0 Å². The molecule has 1 heteroatoms. The van der Waals surface area contributed by atoms with Crippen LogP contribution in [0.4, 0.5) is 0 Å². The van der Waals surface area contributed by atoms with Gasteiger partial charge in [-0.15, -0.1) is 0 Å². The predicted molar refractivity (Wildman–Crippen MR) is 75.5 cm³/mol. The van der Waals surface area contributed by atoms with Crippen LogP contribution in [0.15, 0.2) is 0 Å². The van der Waals surface area contributed by atoms with Gasteiger partial charge in [0, 0.05) is 12.6 Å². The molecule has 0 radical (unpaired) electrons. The summed E-state index contributed by atoms with van der Waals surface area (Å²) in [4.78, 5) is 2.93. The molecule has 4 aliphatic rings. The Kier molecular flexibility index (Phi) is 3.14. The van der Waals surface area contributed by atoms with Gasteiger partial charge in [-0.05, 0) is 55.9 Å². The largest absolute Gasteiger partial charge is 0.300 e. The van der Waals surface area contributed by atoms with E-state index in [1.54, 1.807) is 32.1 Å². The molecule has 0 N–H and O–H groups in total. The van der Waals surface area contributed by atoms with Crippen molar-refractivity contribution in [1.29, 1.82) is 0 Å². The third-order valence-corrected chi connectivity index (χ3v) is 6.80. The number of fused-ring (bicyclic) bond motifs is 4. The van der Waals surface area contributed by atoms with Crippen LogP contribution in [-0.4, -0.2) is 24.0 Å². The van der Waals surface area contributed by atoms with E-state index in [4.69, 9.17) is 0 Å². The molecule has 4 unspecified atom stereocenters. The summed E-state index contributed by atoms with van der Waals surface area (Å²) in [5.74, 6) is 4.39. The normalized spacial score (nSPS) is 49.0. The monoisotopic (exact) mass is 247 g/mol. The lowest BCUT2D eigenvalue weighted by Gasteiger charge is -2.54. The Morgan fingerprint density at radius 1 is 0.667 bits per heavy atom. The smallest absolute Gasteiger partial charge is 0.0129 e. The Morgan fingerprint density at radius 3 is 2.28 bits per heavy atom. The second-order valence-electron chi connectivity index (χ2n) is 7.60. The third kappa shape index (κ3) is 1.94. The molecule has 0 spiro atoms. The summed E-state index contributed by atoms with van der Waals surface area (Å²) in [6.45, 7) is 2.91. The molecule has 4 fully saturated rings. The first kappa shape index (κ1) is 11.8. The quantitative estimate of drug-likeness (QED) is 0.623. The van der Waals surface area contributed by atoms with Crippen molar-refractivity contribution in [2.24, 2.45) is 23.7 Å². The summed E-state index contributed by atoms with van der Waals surface area (Å²) in [5, 5.41) is 0. The van der Waals surface area contributed by atoms with Gasteiger partial charge >= 0.3 is 0 Å². The van der Waals surface area contributed by atoms with Gasteiger partial charge in [0.05, 0.1) is 0 Å². The van der Waals surface area contributed by atoms with E-state index in [0.29, 0.717) is 0 Å². The molecule has 0 amide bonds. The maximum Gasteiger partial charge on any atom is 0.0129 e. The highest BCUT2D eigenvalue weighted by Crippen LogP contribution is 2.47. The standard InChI is InChI=1S/C17H29N/c1-2-7-15-12-18-10-9-13-5-3-4-8-16(13)17(18)11-14(15)6-1/h13-17H,1-12H2/t13?,14?,15?,16?,17-/m0/s1. The van der Waals surface area contributed by atoms with Gasteiger partial charge in [-0.25, -0.2) is 0 Å². The molecular weight excluding hydrogens is 218 g/mol. The molecule has 2 heterocycles. The molecule has 2 aliphatic carbocycles. The Labute approximate surface area is 112 Å². The highest BCUT2D eigenvalue weighted by atomic mass is 15.2. The molecule has 1 nitrogen and oxygen atoms in total. The van der Waals surface area contributed by atoms with Crippen molar-refractivity contribution in [2.75, 3.05) is 13.1 Å². The first-order valence-corrected chi connectivity index (χ1v) is 8.66. The fourth-order valence-electron chi connectivity index (χ4n) is 5.87. The number of piperidine rings is 2. The van der Waals surface area contributed by atoms with E-state index < -0.39 is 0 Å². The van der Waals surface area contributed by atoms with Gasteiger partial charge in [-0.1, -0.05) is 38.5 Å². The Morgan fingerprint density at radius 2 is 1.39 bits per heavy atom. The number of hydrogen-bond acceptors (Lipinski definition) is 1. The van der Waals surface area contributed by atoms with E-state index in [2.05, 4.69) is 4.90 Å². The van der Waals surface area contributed by atoms with E-state index in [0.717, 1.165) is 29.7 Å². The van der Waals surface area contributed by atoms with E-state index in [-0.39, 0.29) is 0 Å². The maximum absolute atomic E-state index is 2.93. The van der Waals surface area contributed by atoms with Gasteiger partial charge < -0.3 is 0 Å². The Hall–Kier alpha value is -0.0400. The Balaban J connectivity index is 1.51. The van der Waals surface area contributed by atoms with Crippen LogP contribution < -0.4 is 0 Å². The zero-order valence-electron chi connectivity index (χ0n) is 11.8. The number of hydrogen-bond donors (Lipinski definition) is 0. The lowest BCUT2D eigenvalue weighted by Crippen LogP contribution is -2.56. The van der Waals surface area contributed by atoms with Crippen molar-refractivity contribution in [3.8, 4) is 0 Å². The topological polar surface area (TPSA) is 3.24 Å². The van der Waals surface area contributed by atoms with Crippen molar-refractivity contribution in [1.82, 2.24) is 4.90 Å². The molecule has 0 aromatic rings. The zero-order chi connectivity index (χ0) is 11.9. The van der Waals surface area contributed by atoms with Crippen LogP contribution in [0.3, 0.4) is 0 Å². The minimum Gasteiger partial charge on any atom is -0.300 e. The van der Waals surface area contributed by atoms with Gasteiger partial charge in [0.1, 0.15) is 0 Å². The summed E-state index contributed by atoms with van der Waals surface area (Å²) in [6.07, 6.45) is 15.4. The molecular formula is C17H29N. The third-order valence-electron chi connectivity index (χ3n) is 6.80. The van der Waals surface area contributed by atoms with Crippen LogP contribution in [0.5, 0.6) is 0 Å². The summed E-state index contributed by atoms with van der Waals surface area (Å²) in [7, 11) is 0. The second kappa shape index (κ2) is 4.81. The van der Waals surface area contributed by atoms with Crippen LogP contribution in [0.25, 0.3) is 0 Å². The van der Waals surface area contributed by atoms with Gasteiger partial charge in [-0.2, -0.15) is 0 Å². The van der Waals surface area contributed by atoms with Crippen molar-refractivity contribution in [2.45, 2.75) is 70.3 Å². The van der Waals surface area contributed by atoms with Crippen LogP contribution >= 0.6 is 0 Å². The van der Waals surface area contributed by atoms with Crippen molar-refractivity contribution < 1.29 is 0 Å². The Bertz CT molecular complexity index is 298. The number of nitrogens with zero attached hydrogens (tertiary/aromatic N) is 1. The zero-order valence-corrected chi connectivity index (χ0v) is 11.8. The van der Waals surface area contributed by atoms with E-state index in [1.165, 1.54) is 45.2 Å². The fourth-order valence-corrected chi connectivity index (χ4v) is 5.87. The predicted octanol–water partition coefficient (Wildman–Crippen LogP) is 4.08. The molecule has 18 heavy (non-hydrogen) atoms. The highest BCUT2D eigenvalue weighted by molar-refractivity contribution is 4.97. The molecule has 2 saturated carbocycles. The fraction of sp³-hybridized carbons (Fsp3) is 1.00. The van der Waals surface area contributed by atoms with Crippen LogP contribution in [-0.2, 0) is 0 Å².